The molecule has 0 spiro atoms. The molecule has 2 aliphatic heterocycles. The van der Waals surface area contributed by atoms with Gasteiger partial charge in [0, 0.05) is 25.6 Å². The summed E-state index contributed by atoms with van der Waals surface area (Å²) in [6, 6.07) is 0. The SMILES string of the molecule is CCC1(C(=O)N2CC(CO)C2)CCCN1. The number of hydrogen-bond donors (Lipinski definition) is 2. The molecular weight excluding hydrogens is 192 g/mol. The molecule has 0 radical (unpaired) electrons. The number of aliphatic hydroxyl groups excluding tert-OH is 1. The van der Waals surface area contributed by atoms with Gasteiger partial charge in [-0.05, 0) is 25.8 Å². The zero-order chi connectivity index (χ0) is 10.9. The zero-order valence-electron chi connectivity index (χ0n) is 9.33. The van der Waals surface area contributed by atoms with E-state index in [2.05, 4.69) is 12.2 Å². The van der Waals surface area contributed by atoms with Gasteiger partial charge in [-0.1, -0.05) is 6.92 Å². The van der Waals surface area contributed by atoms with E-state index in [1.807, 2.05) is 4.90 Å². The summed E-state index contributed by atoms with van der Waals surface area (Å²) in [6.07, 6.45) is 2.92. The number of aliphatic hydroxyl groups is 1. The van der Waals surface area contributed by atoms with Crippen LogP contribution in [0.5, 0.6) is 0 Å². The van der Waals surface area contributed by atoms with Crippen molar-refractivity contribution in [2.75, 3.05) is 26.2 Å². The molecular formula is C11H20N2O2. The van der Waals surface area contributed by atoms with E-state index >= 15 is 0 Å². The fourth-order valence-electron chi connectivity index (χ4n) is 2.60. The third-order valence-electron chi connectivity index (χ3n) is 3.76. The van der Waals surface area contributed by atoms with E-state index in [0.29, 0.717) is 5.92 Å². The highest BCUT2D eigenvalue weighted by molar-refractivity contribution is 5.87. The standard InChI is InChI=1S/C11H20N2O2/c1-2-11(4-3-5-12-11)10(15)13-6-9(7-13)8-14/h9,12,14H,2-8H2,1H3. The summed E-state index contributed by atoms with van der Waals surface area (Å²) in [4.78, 5) is 14.1. The summed E-state index contributed by atoms with van der Waals surface area (Å²) in [5, 5.41) is 12.3. The first-order valence-electron chi connectivity index (χ1n) is 5.87. The topological polar surface area (TPSA) is 52.6 Å². The lowest BCUT2D eigenvalue weighted by atomic mass is 9.89. The normalized spacial score (nSPS) is 31.7. The Morgan fingerprint density at radius 2 is 2.33 bits per heavy atom. The molecule has 0 aromatic carbocycles. The Balaban J connectivity index is 1.95. The molecule has 15 heavy (non-hydrogen) atoms. The largest absolute Gasteiger partial charge is 0.396 e. The Kier molecular flexibility index (Phi) is 2.98. The second kappa shape index (κ2) is 4.10. The smallest absolute Gasteiger partial charge is 0.242 e. The van der Waals surface area contributed by atoms with Crippen LogP contribution in [0.3, 0.4) is 0 Å². The number of likely N-dealkylation sites (tertiary alicyclic amines) is 1. The number of carbonyl (C=O) groups is 1. The van der Waals surface area contributed by atoms with Crippen LogP contribution < -0.4 is 5.32 Å². The molecule has 0 aliphatic carbocycles. The highest BCUT2D eigenvalue weighted by Gasteiger charge is 2.44. The summed E-state index contributed by atoms with van der Waals surface area (Å²) in [6.45, 7) is 4.70. The van der Waals surface area contributed by atoms with E-state index < -0.39 is 0 Å². The number of nitrogens with zero attached hydrogens (tertiary/aromatic N) is 1. The maximum absolute atomic E-state index is 12.2. The van der Waals surface area contributed by atoms with Gasteiger partial charge in [0.25, 0.3) is 0 Å². The van der Waals surface area contributed by atoms with E-state index in [4.69, 9.17) is 5.11 Å². The summed E-state index contributed by atoms with van der Waals surface area (Å²) in [7, 11) is 0. The molecule has 4 heteroatoms. The Morgan fingerprint density at radius 1 is 1.60 bits per heavy atom. The van der Waals surface area contributed by atoms with Crippen molar-refractivity contribution in [2.45, 2.75) is 31.7 Å². The van der Waals surface area contributed by atoms with E-state index in [1.54, 1.807) is 0 Å². The quantitative estimate of drug-likeness (QED) is 0.690. The Hall–Kier alpha value is -0.610. The van der Waals surface area contributed by atoms with Gasteiger partial charge in [-0.25, -0.2) is 0 Å². The van der Waals surface area contributed by atoms with Crippen molar-refractivity contribution in [2.24, 2.45) is 5.92 Å². The Labute approximate surface area is 90.6 Å². The number of rotatable bonds is 3. The minimum Gasteiger partial charge on any atom is -0.396 e. The molecule has 2 fully saturated rings. The molecule has 86 valence electrons. The lowest BCUT2D eigenvalue weighted by Gasteiger charge is -2.43. The molecule has 0 saturated carbocycles. The summed E-state index contributed by atoms with van der Waals surface area (Å²) in [5.41, 5.74) is -0.291. The van der Waals surface area contributed by atoms with Gasteiger partial charge in [0.15, 0.2) is 0 Å². The Morgan fingerprint density at radius 3 is 2.80 bits per heavy atom. The molecule has 1 unspecified atom stereocenters. The van der Waals surface area contributed by atoms with Gasteiger partial charge in [0.1, 0.15) is 0 Å². The maximum Gasteiger partial charge on any atom is 0.242 e. The van der Waals surface area contributed by atoms with Crippen LogP contribution in [0.2, 0.25) is 0 Å². The highest BCUT2D eigenvalue weighted by atomic mass is 16.3. The molecule has 2 saturated heterocycles. The lowest BCUT2D eigenvalue weighted by molar-refractivity contribution is -0.145. The summed E-state index contributed by atoms with van der Waals surface area (Å²) in [5.74, 6) is 0.552. The zero-order valence-corrected chi connectivity index (χ0v) is 9.33. The van der Waals surface area contributed by atoms with Gasteiger partial charge in [-0.15, -0.1) is 0 Å². The fraction of sp³-hybridized carbons (Fsp3) is 0.909. The first-order chi connectivity index (χ1) is 7.22. The van der Waals surface area contributed by atoms with Crippen LogP contribution in [-0.4, -0.2) is 47.7 Å². The number of nitrogens with one attached hydrogen (secondary N) is 1. The first-order valence-corrected chi connectivity index (χ1v) is 5.87. The molecule has 2 heterocycles. The average Bonchev–Trinajstić information content (AvgIpc) is 2.65. The summed E-state index contributed by atoms with van der Waals surface area (Å²) < 4.78 is 0. The second-order valence-corrected chi connectivity index (χ2v) is 4.72. The van der Waals surface area contributed by atoms with Crippen molar-refractivity contribution >= 4 is 5.91 Å². The molecule has 0 bridgehead atoms. The van der Waals surface area contributed by atoms with Gasteiger partial charge in [0.05, 0.1) is 5.54 Å². The van der Waals surface area contributed by atoms with Crippen molar-refractivity contribution in [3.63, 3.8) is 0 Å². The van der Waals surface area contributed by atoms with E-state index in [1.165, 1.54) is 0 Å². The minimum atomic E-state index is -0.291. The third kappa shape index (κ3) is 1.76. The molecule has 2 N–H and O–H groups in total. The van der Waals surface area contributed by atoms with Crippen molar-refractivity contribution in [1.29, 1.82) is 0 Å². The molecule has 2 aliphatic rings. The van der Waals surface area contributed by atoms with Crippen LogP contribution in [0, 0.1) is 5.92 Å². The number of hydrogen-bond acceptors (Lipinski definition) is 3. The van der Waals surface area contributed by atoms with Gasteiger partial charge in [-0.2, -0.15) is 0 Å². The second-order valence-electron chi connectivity index (χ2n) is 4.72. The number of amides is 1. The molecule has 1 amide bonds. The Bertz CT molecular complexity index is 243. The van der Waals surface area contributed by atoms with Crippen LogP contribution in [0.4, 0.5) is 0 Å². The van der Waals surface area contributed by atoms with Crippen molar-refractivity contribution < 1.29 is 9.90 Å². The fourth-order valence-corrected chi connectivity index (χ4v) is 2.60. The van der Waals surface area contributed by atoms with Crippen LogP contribution >= 0.6 is 0 Å². The van der Waals surface area contributed by atoms with Crippen LogP contribution in [-0.2, 0) is 4.79 Å². The van der Waals surface area contributed by atoms with Crippen LogP contribution in [0.25, 0.3) is 0 Å². The molecule has 2 rings (SSSR count). The van der Waals surface area contributed by atoms with Gasteiger partial charge < -0.3 is 15.3 Å². The van der Waals surface area contributed by atoms with Gasteiger partial charge in [-0.3, -0.25) is 4.79 Å². The summed E-state index contributed by atoms with van der Waals surface area (Å²) >= 11 is 0. The van der Waals surface area contributed by atoms with E-state index in [0.717, 1.165) is 38.9 Å². The highest BCUT2D eigenvalue weighted by Crippen LogP contribution is 2.28. The maximum atomic E-state index is 12.2. The van der Waals surface area contributed by atoms with Crippen molar-refractivity contribution in [3.05, 3.63) is 0 Å². The van der Waals surface area contributed by atoms with E-state index in [-0.39, 0.29) is 18.1 Å². The van der Waals surface area contributed by atoms with Crippen molar-refractivity contribution in [1.82, 2.24) is 10.2 Å². The molecule has 0 aromatic rings. The van der Waals surface area contributed by atoms with Gasteiger partial charge in [0.2, 0.25) is 5.91 Å². The predicted molar refractivity (Wildman–Crippen MR) is 57.4 cm³/mol. The number of carbonyl (C=O) groups excluding carboxylic acids is 1. The predicted octanol–water partition coefficient (Wildman–Crippen LogP) is -0.0307. The van der Waals surface area contributed by atoms with Crippen molar-refractivity contribution in [3.8, 4) is 0 Å². The average molecular weight is 212 g/mol. The lowest BCUT2D eigenvalue weighted by Crippen LogP contribution is -2.61. The molecule has 4 nitrogen and oxygen atoms in total. The van der Waals surface area contributed by atoms with Crippen LogP contribution in [0.1, 0.15) is 26.2 Å². The minimum absolute atomic E-state index is 0.205. The monoisotopic (exact) mass is 212 g/mol. The van der Waals surface area contributed by atoms with E-state index in [9.17, 15) is 4.79 Å². The van der Waals surface area contributed by atoms with Crippen LogP contribution in [0.15, 0.2) is 0 Å². The molecule has 1 atom stereocenters. The first kappa shape index (κ1) is 10.9. The molecule has 0 aromatic heterocycles. The third-order valence-corrected chi connectivity index (χ3v) is 3.76. The van der Waals surface area contributed by atoms with Gasteiger partial charge >= 0.3 is 0 Å².